The number of nitrogens with one attached hydrogen (secondary N) is 1. The second-order valence-electron chi connectivity index (χ2n) is 4.93. The van der Waals surface area contributed by atoms with Crippen LogP contribution in [-0.4, -0.2) is 16.4 Å². The second kappa shape index (κ2) is 5.68. The lowest BCUT2D eigenvalue weighted by atomic mass is 10.0. The van der Waals surface area contributed by atoms with Gasteiger partial charge in [-0.1, -0.05) is 22.0 Å². The topological polar surface area (TPSA) is 29.3 Å². The van der Waals surface area contributed by atoms with Crippen molar-refractivity contribution in [3.8, 4) is 0 Å². The molecule has 0 fully saturated rings. The molecule has 1 aromatic carbocycles. The maximum absolute atomic E-state index is 4.66. The minimum absolute atomic E-state index is 0.274. The molecule has 104 valence electrons. The number of fused-ring (bicyclic) bond motifs is 1. The summed E-state index contributed by atoms with van der Waals surface area (Å²) >= 11 is 5.24. The Morgan fingerprint density at radius 3 is 2.95 bits per heavy atom. The van der Waals surface area contributed by atoms with Crippen LogP contribution in [0.15, 0.2) is 40.4 Å². The Hall–Kier alpha value is -1.17. The van der Waals surface area contributed by atoms with Crippen LogP contribution in [0.4, 0.5) is 0 Å². The summed E-state index contributed by atoms with van der Waals surface area (Å²) in [6, 6.07) is 6.80. The van der Waals surface area contributed by atoms with Crippen molar-refractivity contribution in [2.24, 2.45) is 0 Å². The van der Waals surface area contributed by atoms with E-state index in [-0.39, 0.29) is 6.04 Å². The Kier molecular flexibility index (Phi) is 3.92. The van der Waals surface area contributed by atoms with Gasteiger partial charge >= 0.3 is 0 Å². The van der Waals surface area contributed by atoms with Crippen molar-refractivity contribution < 1.29 is 0 Å². The average molecular weight is 350 g/mol. The number of thiazole rings is 1. The van der Waals surface area contributed by atoms with Crippen LogP contribution in [0.3, 0.4) is 0 Å². The van der Waals surface area contributed by atoms with Crippen LogP contribution in [0, 0.1) is 6.92 Å². The SMILES string of the molecule is CNC(Cc1cn2ccsc2n1)c1cc(C)cc(Br)c1. The smallest absolute Gasteiger partial charge is 0.193 e. The first kappa shape index (κ1) is 13.8. The fourth-order valence-corrected chi connectivity index (χ4v) is 3.78. The maximum Gasteiger partial charge on any atom is 0.193 e. The van der Waals surface area contributed by atoms with Crippen molar-refractivity contribution in [1.82, 2.24) is 14.7 Å². The van der Waals surface area contributed by atoms with Crippen LogP contribution in [-0.2, 0) is 6.42 Å². The normalized spacial score (nSPS) is 12.9. The van der Waals surface area contributed by atoms with Crippen LogP contribution in [0.1, 0.15) is 22.9 Å². The molecule has 20 heavy (non-hydrogen) atoms. The number of aryl methyl sites for hydroxylation is 1. The Bertz CT molecular complexity index is 683. The first-order valence-corrected chi connectivity index (χ1v) is 8.18. The van der Waals surface area contributed by atoms with Gasteiger partial charge in [0.2, 0.25) is 0 Å². The predicted octanol–water partition coefficient (Wildman–Crippen LogP) is 3.97. The minimum Gasteiger partial charge on any atom is -0.313 e. The molecule has 3 rings (SSSR count). The monoisotopic (exact) mass is 349 g/mol. The van der Waals surface area contributed by atoms with Gasteiger partial charge in [-0.15, -0.1) is 11.3 Å². The zero-order valence-corrected chi connectivity index (χ0v) is 13.8. The highest BCUT2D eigenvalue weighted by Crippen LogP contribution is 2.24. The third kappa shape index (κ3) is 2.80. The largest absolute Gasteiger partial charge is 0.313 e. The summed E-state index contributed by atoms with van der Waals surface area (Å²) in [5.74, 6) is 0. The molecule has 0 aliphatic heterocycles. The Morgan fingerprint density at radius 1 is 1.40 bits per heavy atom. The molecule has 2 aromatic heterocycles. The molecular weight excluding hydrogens is 334 g/mol. The van der Waals surface area contributed by atoms with Gasteiger partial charge in [-0.25, -0.2) is 4.98 Å². The molecule has 3 aromatic rings. The van der Waals surface area contributed by atoms with Gasteiger partial charge in [0, 0.05) is 34.7 Å². The van der Waals surface area contributed by atoms with Gasteiger partial charge in [-0.2, -0.15) is 0 Å². The highest BCUT2D eigenvalue weighted by Gasteiger charge is 2.13. The van der Waals surface area contributed by atoms with E-state index >= 15 is 0 Å². The number of benzene rings is 1. The van der Waals surface area contributed by atoms with Crippen molar-refractivity contribution in [1.29, 1.82) is 0 Å². The van der Waals surface area contributed by atoms with Gasteiger partial charge in [-0.3, -0.25) is 4.40 Å². The Morgan fingerprint density at radius 2 is 2.25 bits per heavy atom. The van der Waals surface area contributed by atoms with Crippen LogP contribution >= 0.6 is 27.3 Å². The Labute approximate surface area is 130 Å². The number of hydrogen-bond acceptors (Lipinski definition) is 3. The number of hydrogen-bond donors (Lipinski definition) is 1. The molecule has 5 heteroatoms. The predicted molar refractivity (Wildman–Crippen MR) is 87.5 cm³/mol. The molecule has 3 nitrogen and oxygen atoms in total. The van der Waals surface area contributed by atoms with E-state index < -0.39 is 0 Å². The quantitative estimate of drug-likeness (QED) is 0.772. The summed E-state index contributed by atoms with van der Waals surface area (Å²) in [6.45, 7) is 2.12. The molecule has 0 amide bonds. The highest BCUT2D eigenvalue weighted by atomic mass is 79.9. The molecule has 0 aliphatic carbocycles. The van der Waals surface area contributed by atoms with E-state index in [4.69, 9.17) is 0 Å². The van der Waals surface area contributed by atoms with E-state index in [1.807, 2.05) is 13.2 Å². The lowest BCUT2D eigenvalue weighted by Gasteiger charge is -2.16. The molecule has 0 radical (unpaired) electrons. The second-order valence-corrected chi connectivity index (χ2v) is 6.72. The van der Waals surface area contributed by atoms with Gasteiger partial charge in [0.05, 0.1) is 5.69 Å². The molecule has 0 spiro atoms. The van der Waals surface area contributed by atoms with Crippen molar-refractivity contribution in [3.63, 3.8) is 0 Å². The molecule has 0 saturated carbocycles. The van der Waals surface area contributed by atoms with Crippen molar-refractivity contribution in [2.45, 2.75) is 19.4 Å². The summed E-state index contributed by atoms with van der Waals surface area (Å²) in [7, 11) is 2.00. The van der Waals surface area contributed by atoms with Crippen LogP contribution in [0.2, 0.25) is 0 Å². The van der Waals surface area contributed by atoms with Crippen molar-refractivity contribution in [2.75, 3.05) is 7.05 Å². The summed E-state index contributed by atoms with van der Waals surface area (Å²) < 4.78 is 3.21. The van der Waals surface area contributed by atoms with E-state index in [1.54, 1.807) is 11.3 Å². The minimum atomic E-state index is 0.274. The van der Waals surface area contributed by atoms with Gasteiger partial charge in [0.15, 0.2) is 4.96 Å². The summed E-state index contributed by atoms with van der Waals surface area (Å²) in [5, 5.41) is 5.45. The average Bonchev–Trinajstić information content (AvgIpc) is 2.95. The molecular formula is C15H16BrN3S. The first-order chi connectivity index (χ1) is 9.65. The fourth-order valence-electron chi connectivity index (χ4n) is 2.44. The molecule has 0 bridgehead atoms. The number of aromatic nitrogens is 2. The van der Waals surface area contributed by atoms with Gasteiger partial charge < -0.3 is 5.32 Å². The first-order valence-electron chi connectivity index (χ1n) is 6.51. The van der Waals surface area contributed by atoms with E-state index in [0.29, 0.717) is 0 Å². The van der Waals surface area contributed by atoms with E-state index in [2.05, 4.69) is 67.3 Å². The van der Waals surface area contributed by atoms with Gasteiger partial charge in [0.25, 0.3) is 0 Å². The van der Waals surface area contributed by atoms with E-state index in [1.165, 1.54) is 11.1 Å². The fraction of sp³-hybridized carbons (Fsp3) is 0.267. The lowest BCUT2D eigenvalue weighted by molar-refractivity contribution is 0.585. The number of likely N-dealkylation sites (N-methyl/N-ethyl adjacent to an activating group) is 1. The summed E-state index contributed by atoms with van der Waals surface area (Å²) in [6.07, 6.45) is 5.05. The lowest BCUT2D eigenvalue weighted by Crippen LogP contribution is -2.19. The summed E-state index contributed by atoms with van der Waals surface area (Å²) in [5.41, 5.74) is 3.67. The van der Waals surface area contributed by atoms with Crippen LogP contribution in [0.5, 0.6) is 0 Å². The number of imidazole rings is 1. The zero-order chi connectivity index (χ0) is 14.1. The number of nitrogens with zero attached hydrogens (tertiary/aromatic N) is 2. The highest BCUT2D eigenvalue weighted by molar-refractivity contribution is 9.10. The standard InChI is InChI=1S/C15H16BrN3S/c1-10-5-11(7-12(16)6-10)14(17-2)8-13-9-19-3-4-20-15(19)18-13/h3-7,9,14,17H,8H2,1-2H3. The van der Waals surface area contributed by atoms with Gasteiger partial charge in [-0.05, 0) is 37.2 Å². The van der Waals surface area contributed by atoms with Crippen LogP contribution in [0.25, 0.3) is 4.96 Å². The number of rotatable bonds is 4. The van der Waals surface area contributed by atoms with Crippen molar-refractivity contribution >= 4 is 32.2 Å². The van der Waals surface area contributed by atoms with Crippen molar-refractivity contribution in [3.05, 3.63) is 57.3 Å². The number of halogens is 1. The molecule has 1 atom stereocenters. The van der Waals surface area contributed by atoms with E-state index in [9.17, 15) is 0 Å². The van der Waals surface area contributed by atoms with E-state index in [0.717, 1.165) is 21.5 Å². The maximum atomic E-state index is 4.66. The molecule has 0 aliphatic rings. The third-order valence-corrected chi connectivity index (χ3v) is 4.60. The van der Waals surface area contributed by atoms with Gasteiger partial charge in [0.1, 0.15) is 0 Å². The van der Waals surface area contributed by atoms with Crippen LogP contribution < -0.4 is 5.32 Å². The Balaban J connectivity index is 1.87. The summed E-state index contributed by atoms with van der Waals surface area (Å²) in [4.78, 5) is 5.72. The molecule has 1 N–H and O–H groups in total. The molecule has 2 heterocycles. The zero-order valence-electron chi connectivity index (χ0n) is 11.4. The third-order valence-electron chi connectivity index (χ3n) is 3.37. The molecule has 0 saturated heterocycles. The molecule has 1 unspecified atom stereocenters.